The number of aryl methyl sites for hydroxylation is 1. The molecule has 0 fully saturated rings. The van der Waals surface area contributed by atoms with Crippen LogP contribution < -0.4 is 9.46 Å². The maximum atomic E-state index is 12.4. The molecule has 0 saturated heterocycles. The van der Waals surface area contributed by atoms with E-state index in [1.54, 1.807) is 31.2 Å². The maximum absolute atomic E-state index is 12.4. The molecule has 2 aromatic rings. The summed E-state index contributed by atoms with van der Waals surface area (Å²) in [4.78, 5) is 11.0. The Morgan fingerprint density at radius 1 is 1.22 bits per heavy atom. The van der Waals surface area contributed by atoms with Crippen LogP contribution in [0.5, 0.6) is 5.75 Å². The summed E-state index contributed by atoms with van der Waals surface area (Å²) < 4.78 is 32.4. The van der Waals surface area contributed by atoms with Gasteiger partial charge >= 0.3 is 5.97 Å². The van der Waals surface area contributed by atoms with Crippen LogP contribution in [0.3, 0.4) is 0 Å². The minimum atomic E-state index is -3.78. The third kappa shape index (κ3) is 4.08. The first-order chi connectivity index (χ1) is 10.8. The van der Waals surface area contributed by atoms with Gasteiger partial charge in [-0.3, -0.25) is 0 Å². The predicted octanol–water partition coefficient (Wildman–Crippen LogP) is 2.18. The van der Waals surface area contributed by atoms with Crippen molar-refractivity contribution in [1.82, 2.24) is 4.72 Å². The molecule has 0 aliphatic carbocycles. The third-order valence-electron chi connectivity index (χ3n) is 3.25. The third-order valence-corrected chi connectivity index (χ3v) is 4.67. The average molecular weight is 335 g/mol. The summed E-state index contributed by atoms with van der Waals surface area (Å²) in [6.45, 7) is 1.77. The molecule has 2 aromatic carbocycles. The summed E-state index contributed by atoms with van der Waals surface area (Å²) >= 11 is 0. The van der Waals surface area contributed by atoms with E-state index in [-0.39, 0.29) is 22.8 Å². The first-order valence-corrected chi connectivity index (χ1v) is 8.28. The molecule has 0 aromatic heterocycles. The van der Waals surface area contributed by atoms with Gasteiger partial charge in [0.2, 0.25) is 10.0 Å². The van der Waals surface area contributed by atoms with Gasteiger partial charge in [-0.1, -0.05) is 18.2 Å². The fourth-order valence-corrected chi connectivity index (χ4v) is 3.33. The Morgan fingerprint density at radius 2 is 1.96 bits per heavy atom. The van der Waals surface area contributed by atoms with E-state index in [0.29, 0.717) is 5.56 Å². The number of hydrogen-bond donors (Lipinski definition) is 2. The number of methoxy groups -OCH3 is 1. The van der Waals surface area contributed by atoms with Gasteiger partial charge in [-0.2, -0.15) is 0 Å². The van der Waals surface area contributed by atoms with E-state index in [4.69, 9.17) is 9.84 Å². The molecule has 0 unspecified atom stereocenters. The van der Waals surface area contributed by atoms with Gasteiger partial charge in [0.15, 0.2) is 0 Å². The van der Waals surface area contributed by atoms with E-state index in [0.717, 1.165) is 5.56 Å². The van der Waals surface area contributed by atoms with Crippen LogP contribution in [-0.2, 0) is 16.6 Å². The monoisotopic (exact) mass is 335 g/mol. The Hall–Kier alpha value is -2.38. The molecular weight excluding hydrogens is 318 g/mol. The Kier molecular flexibility index (Phi) is 5.02. The number of carbonyl (C=O) groups is 1. The number of ether oxygens (including phenoxy) is 1. The highest BCUT2D eigenvalue weighted by Gasteiger charge is 2.19. The van der Waals surface area contributed by atoms with E-state index >= 15 is 0 Å². The zero-order valence-corrected chi connectivity index (χ0v) is 13.6. The lowest BCUT2D eigenvalue weighted by Crippen LogP contribution is -2.24. The summed E-state index contributed by atoms with van der Waals surface area (Å²) in [6.07, 6.45) is 0. The lowest BCUT2D eigenvalue weighted by molar-refractivity contribution is 0.0696. The van der Waals surface area contributed by atoms with Gasteiger partial charge in [0.05, 0.1) is 12.7 Å². The molecule has 23 heavy (non-hydrogen) atoms. The minimum absolute atomic E-state index is 0.0133. The Labute approximate surface area is 134 Å². The van der Waals surface area contributed by atoms with Gasteiger partial charge in [-0.15, -0.1) is 0 Å². The standard InChI is InChI=1S/C16H17NO5S/c1-11-6-7-14(22-2)15(8-11)23(20,21)17-10-12-4-3-5-13(9-12)16(18)19/h3-9,17H,10H2,1-2H3,(H,18,19). The van der Waals surface area contributed by atoms with E-state index in [1.807, 2.05) is 0 Å². The second-order valence-electron chi connectivity index (χ2n) is 4.98. The number of nitrogens with one attached hydrogen (secondary N) is 1. The van der Waals surface area contributed by atoms with Crippen LogP contribution in [0.15, 0.2) is 47.4 Å². The second-order valence-corrected chi connectivity index (χ2v) is 6.72. The van der Waals surface area contributed by atoms with Crippen LogP contribution in [0.25, 0.3) is 0 Å². The van der Waals surface area contributed by atoms with Crippen molar-refractivity contribution in [2.45, 2.75) is 18.4 Å². The molecule has 6 nitrogen and oxygen atoms in total. The van der Waals surface area contributed by atoms with E-state index in [1.165, 1.54) is 25.3 Å². The molecule has 7 heteroatoms. The van der Waals surface area contributed by atoms with Crippen molar-refractivity contribution < 1.29 is 23.1 Å². The van der Waals surface area contributed by atoms with Gasteiger partial charge < -0.3 is 9.84 Å². The summed E-state index contributed by atoms with van der Waals surface area (Å²) in [7, 11) is -2.38. The molecule has 0 radical (unpaired) electrons. The lowest BCUT2D eigenvalue weighted by Gasteiger charge is -2.11. The molecule has 0 heterocycles. The molecular formula is C16H17NO5S. The van der Waals surface area contributed by atoms with Crippen LogP contribution in [0, 0.1) is 6.92 Å². The predicted molar refractivity (Wildman–Crippen MR) is 85.2 cm³/mol. The van der Waals surface area contributed by atoms with Crippen molar-refractivity contribution in [3.05, 3.63) is 59.2 Å². The highest BCUT2D eigenvalue weighted by Crippen LogP contribution is 2.24. The molecule has 0 atom stereocenters. The van der Waals surface area contributed by atoms with Gasteiger partial charge in [-0.05, 0) is 42.3 Å². The van der Waals surface area contributed by atoms with Crippen molar-refractivity contribution in [1.29, 1.82) is 0 Å². The first kappa shape index (κ1) is 17.0. The number of carboxylic acid groups (broad SMARTS) is 1. The van der Waals surface area contributed by atoms with Crippen molar-refractivity contribution in [2.24, 2.45) is 0 Å². The summed E-state index contributed by atoms with van der Waals surface area (Å²) in [5.41, 5.74) is 1.45. The molecule has 2 N–H and O–H groups in total. The molecule has 0 bridgehead atoms. The SMILES string of the molecule is COc1ccc(C)cc1S(=O)(=O)NCc1cccc(C(=O)O)c1. The minimum Gasteiger partial charge on any atom is -0.495 e. The number of hydrogen-bond acceptors (Lipinski definition) is 4. The molecule has 0 amide bonds. The van der Waals surface area contributed by atoms with Gasteiger partial charge in [0, 0.05) is 6.54 Å². The number of carboxylic acids is 1. The topological polar surface area (TPSA) is 92.7 Å². The van der Waals surface area contributed by atoms with Crippen LogP contribution in [0.4, 0.5) is 0 Å². The van der Waals surface area contributed by atoms with Gasteiger partial charge in [0.1, 0.15) is 10.6 Å². The second kappa shape index (κ2) is 6.80. The average Bonchev–Trinajstić information content (AvgIpc) is 2.53. The van der Waals surface area contributed by atoms with E-state index in [2.05, 4.69) is 4.72 Å². The van der Waals surface area contributed by atoms with Crippen LogP contribution in [-0.4, -0.2) is 26.6 Å². The Balaban J connectivity index is 2.24. The Morgan fingerprint density at radius 3 is 2.61 bits per heavy atom. The van der Waals surface area contributed by atoms with Crippen LogP contribution in [0.2, 0.25) is 0 Å². The van der Waals surface area contributed by atoms with Crippen LogP contribution in [0.1, 0.15) is 21.5 Å². The van der Waals surface area contributed by atoms with Crippen molar-refractivity contribution in [3.63, 3.8) is 0 Å². The zero-order valence-electron chi connectivity index (χ0n) is 12.7. The highest BCUT2D eigenvalue weighted by molar-refractivity contribution is 7.89. The number of aromatic carboxylic acids is 1. The van der Waals surface area contributed by atoms with E-state index in [9.17, 15) is 13.2 Å². The summed E-state index contributed by atoms with van der Waals surface area (Å²) in [5, 5.41) is 8.96. The molecule has 0 aliphatic rings. The maximum Gasteiger partial charge on any atom is 0.335 e. The molecule has 122 valence electrons. The Bertz CT molecular complexity index is 830. The smallest absolute Gasteiger partial charge is 0.335 e. The van der Waals surface area contributed by atoms with Crippen molar-refractivity contribution in [3.8, 4) is 5.75 Å². The van der Waals surface area contributed by atoms with Crippen molar-refractivity contribution in [2.75, 3.05) is 7.11 Å². The molecule has 0 aliphatic heterocycles. The fraction of sp³-hybridized carbons (Fsp3) is 0.188. The number of rotatable bonds is 6. The normalized spacial score (nSPS) is 11.2. The summed E-state index contributed by atoms with van der Waals surface area (Å²) in [5.74, 6) is -0.808. The number of sulfonamides is 1. The van der Waals surface area contributed by atoms with Crippen molar-refractivity contribution >= 4 is 16.0 Å². The fourth-order valence-electron chi connectivity index (χ4n) is 2.06. The molecule has 0 spiro atoms. The molecule has 2 rings (SSSR count). The van der Waals surface area contributed by atoms with Gasteiger partial charge in [0.25, 0.3) is 0 Å². The van der Waals surface area contributed by atoms with Gasteiger partial charge in [-0.25, -0.2) is 17.9 Å². The first-order valence-electron chi connectivity index (χ1n) is 6.80. The molecule has 0 saturated carbocycles. The van der Waals surface area contributed by atoms with E-state index < -0.39 is 16.0 Å². The van der Waals surface area contributed by atoms with Crippen LogP contribution >= 0.6 is 0 Å². The quantitative estimate of drug-likeness (QED) is 0.844. The summed E-state index contributed by atoms with van der Waals surface area (Å²) in [6, 6.07) is 11.0. The largest absolute Gasteiger partial charge is 0.495 e. The lowest BCUT2D eigenvalue weighted by atomic mass is 10.1. The number of benzene rings is 2. The zero-order chi connectivity index (χ0) is 17.0. The highest BCUT2D eigenvalue weighted by atomic mass is 32.2.